The first-order valence-electron chi connectivity index (χ1n) is 7.02. The summed E-state index contributed by atoms with van der Waals surface area (Å²) in [6.45, 7) is 8.10. The molecule has 3 nitrogen and oxygen atoms in total. The Morgan fingerprint density at radius 2 is 2.05 bits per heavy atom. The smallest absolute Gasteiger partial charge is 0.0708 e. The Hall–Kier alpha value is -1.45. The van der Waals surface area contributed by atoms with Crippen molar-refractivity contribution < 1.29 is 0 Å². The molecule has 2 rings (SSSR count). The van der Waals surface area contributed by atoms with Gasteiger partial charge < -0.3 is 5.73 Å². The fourth-order valence-corrected chi connectivity index (χ4v) is 2.43. The van der Waals surface area contributed by atoms with E-state index >= 15 is 0 Å². The summed E-state index contributed by atoms with van der Waals surface area (Å²) >= 11 is 0. The number of hydrogen-bond acceptors (Lipinski definition) is 3. The van der Waals surface area contributed by atoms with Crippen molar-refractivity contribution in [2.75, 3.05) is 19.6 Å². The lowest BCUT2D eigenvalue weighted by Crippen LogP contribution is -2.25. The number of nitrogens with zero attached hydrogens (tertiary/aromatic N) is 2. The number of para-hydroxylation sites is 1. The highest BCUT2D eigenvalue weighted by atomic mass is 15.1. The molecular weight excluding hydrogens is 234 g/mol. The van der Waals surface area contributed by atoms with E-state index in [1.165, 1.54) is 10.9 Å². The van der Waals surface area contributed by atoms with E-state index in [-0.39, 0.29) is 0 Å². The van der Waals surface area contributed by atoms with Gasteiger partial charge in [0, 0.05) is 17.6 Å². The summed E-state index contributed by atoms with van der Waals surface area (Å²) in [4.78, 5) is 7.03. The van der Waals surface area contributed by atoms with Crippen LogP contribution in [0.4, 0.5) is 0 Å². The lowest BCUT2D eigenvalue weighted by molar-refractivity contribution is 0.279. The number of hydrogen-bond donors (Lipinski definition) is 1. The molecule has 0 aliphatic rings. The van der Waals surface area contributed by atoms with Crippen molar-refractivity contribution in [1.82, 2.24) is 9.88 Å². The highest BCUT2D eigenvalue weighted by molar-refractivity contribution is 5.82. The topological polar surface area (TPSA) is 42.1 Å². The first kappa shape index (κ1) is 14.0. The Balaban J connectivity index is 2.28. The molecule has 0 aliphatic carbocycles. The summed E-state index contributed by atoms with van der Waals surface area (Å²) in [6, 6.07) is 10.6. The molecule has 0 saturated heterocycles. The molecule has 0 fully saturated rings. The van der Waals surface area contributed by atoms with Crippen LogP contribution in [-0.4, -0.2) is 29.5 Å². The Labute approximate surface area is 115 Å². The summed E-state index contributed by atoms with van der Waals surface area (Å²) in [7, 11) is 0. The van der Waals surface area contributed by atoms with Crippen LogP contribution in [0, 0.1) is 6.92 Å². The third-order valence-corrected chi connectivity index (χ3v) is 3.45. The zero-order valence-electron chi connectivity index (χ0n) is 11.9. The van der Waals surface area contributed by atoms with E-state index in [1.807, 2.05) is 6.07 Å². The molecule has 3 heteroatoms. The lowest BCUT2D eigenvalue weighted by Gasteiger charge is -2.21. The summed E-state index contributed by atoms with van der Waals surface area (Å²) < 4.78 is 0. The van der Waals surface area contributed by atoms with E-state index < -0.39 is 0 Å². The van der Waals surface area contributed by atoms with Gasteiger partial charge in [-0.3, -0.25) is 9.88 Å². The van der Waals surface area contributed by atoms with E-state index in [1.54, 1.807) is 0 Å². The monoisotopic (exact) mass is 257 g/mol. The lowest BCUT2D eigenvalue weighted by atomic mass is 10.1. The maximum Gasteiger partial charge on any atom is 0.0708 e. The summed E-state index contributed by atoms with van der Waals surface area (Å²) in [5, 5.41) is 1.26. The average Bonchev–Trinajstić information content (AvgIpc) is 2.43. The van der Waals surface area contributed by atoms with E-state index in [0.29, 0.717) is 0 Å². The van der Waals surface area contributed by atoms with Gasteiger partial charge in [0.15, 0.2) is 0 Å². The molecule has 102 valence electrons. The van der Waals surface area contributed by atoms with Crippen molar-refractivity contribution in [2.24, 2.45) is 5.73 Å². The average molecular weight is 257 g/mol. The number of fused-ring (bicyclic) bond motifs is 1. The van der Waals surface area contributed by atoms with Crippen LogP contribution in [0.1, 0.15) is 24.6 Å². The second-order valence-corrected chi connectivity index (χ2v) is 4.95. The van der Waals surface area contributed by atoms with Crippen molar-refractivity contribution in [3.05, 3.63) is 41.6 Å². The second-order valence-electron chi connectivity index (χ2n) is 4.95. The molecule has 0 radical (unpaired) electrons. The largest absolute Gasteiger partial charge is 0.330 e. The number of aryl methyl sites for hydroxylation is 1. The predicted molar refractivity (Wildman–Crippen MR) is 81.1 cm³/mol. The standard InChI is InChI=1S/C16H23N3/c1-3-19(10-6-9-17)12-14-11-13(2)18-16-8-5-4-7-15(14)16/h4-5,7-8,11H,3,6,9-10,12,17H2,1-2H3. The Morgan fingerprint density at radius 1 is 1.26 bits per heavy atom. The minimum absolute atomic E-state index is 0.757. The van der Waals surface area contributed by atoms with Gasteiger partial charge in [0.2, 0.25) is 0 Å². The van der Waals surface area contributed by atoms with Crippen molar-refractivity contribution >= 4 is 10.9 Å². The zero-order chi connectivity index (χ0) is 13.7. The van der Waals surface area contributed by atoms with E-state index in [0.717, 1.165) is 43.8 Å². The Bertz CT molecular complexity index is 537. The molecule has 0 spiro atoms. The van der Waals surface area contributed by atoms with Crippen LogP contribution in [0.5, 0.6) is 0 Å². The number of rotatable bonds is 6. The van der Waals surface area contributed by atoms with Gasteiger partial charge in [-0.1, -0.05) is 25.1 Å². The molecule has 0 amide bonds. The minimum atomic E-state index is 0.757. The van der Waals surface area contributed by atoms with Crippen molar-refractivity contribution in [3.8, 4) is 0 Å². The number of nitrogens with two attached hydrogens (primary N) is 1. The maximum absolute atomic E-state index is 5.60. The fraction of sp³-hybridized carbons (Fsp3) is 0.438. The number of aromatic nitrogens is 1. The van der Waals surface area contributed by atoms with Crippen LogP contribution in [0.25, 0.3) is 10.9 Å². The SMILES string of the molecule is CCN(CCCN)Cc1cc(C)nc2ccccc12. The van der Waals surface area contributed by atoms with Crippen LogP contribution in [0.15, 0.2) is 30.3 Å². The number of pyridine rings is 1. The molecule has 1 aromatic heterocycles. The third kappa shape index (κ3) is 3.52. The van der Waals surface area contributed by atoms with Crippen LogP contribution in [0.2, 0.25) is 0 Å². The molecule has 0 atom stereocenters. The van der Waals surface area contributed by atoms with Gasteiger partial charge >= 0.3 is 0 Å². The first-order chi connectivity index (χ1) is 9.24. The molecule has 2 N–H and O–H groups in total. The Morgan fingerprint density at radius 3 is 2.79 bits per heavy atom. The van der Waals surface area contributed by atoms with Gasteiger partial charge in [0.05, 0.1) is 5.52 Å². The van der Waals surface area contributed by atoms with Gasteiger partial charge in [-0.25, -0.2) is 0 Å². The van der Waals surface area contributed by atoms with Crippen molar-refractivity contribution in [3.63, 3.8) is 0 Å². The highest BCUT2D eigenvalue weighted by Crippen LogP contribution is 2.19. The fourth-order valence-electron chi connectivity index (χ4n) is 2.43. The molecule has 2 aromatic rings. The highest BCUT2D eigenvalue weighted by Gasteiger charge is 2.08. The molecule has 0 aliphatic heterocycles. The normalized spacial score (nSPS) is 11.4. The van der Waals surface area contributed by atoms with Gasteiger partial charge in [-0.2, -0.15) is 0 Å². The van der Waals surface area contributed by atoms with Crippen LogP contribution < -0.4 is 5.73 Å². The summed E-state index contributed by atoms with van der Waals surface area (Å²) in [5.74, 6) is 0. The van der Waals surface area contributed by atoms with Gasteiger partial charge in [-0.05, 0) is 50.7 Å². The summed E-state index contributed by atoms with van der Waals surface area (Å²) in [5.41, 5.74) is 9.14. The minimum Gasteiger partial charge on any atom is -0.330 e. The second kappa shape index (κ2) is 6.64. The Kier molecular flexibility index (Phi) is 4.88. The molecule has 0 saturated carbocycles. The molecule has 1 heterocycles. The predicted octanol–water partition coefficient (Wildman–Crippen LogP) is 2.71. The molecule has 0 unspecified atom stereocenters. The van der Waals surface area contributed by atoms with Crippen LogP contribution >= 0.6 is 0 Å². The van der Waals surface area contributed by atoms with E-state index in [2.05, 4.69) is 48.0 Å². The van der Waals surface area contributed by atoms with Crippen molar-refractivity contribution in [2.45, 2.75) is 26.8 Å². The van der Waals surface area contributed by atoms with Crippen molar-refractivity contribution in [1.29, 1.82) is 0 Å². The zero-order valence-corrected chi connectivity index (χ0v) is 11.9. The molecule has 0 bridgehead atoms. The first-order valence-corrected chi connectivity index (χ1v) is 7.02. The van der Waals surface area contributed by atoms with E-state index in [9.17, 15) is 0 Å². The number of benzene rings is 1. The summed E-state index contributed by atoms with van der Waals surface area (Å²) in [6.07, 6.45) is 1.05. The molecule has 19 heavy (non-hydrogen) atoms. The van der Waals surface area contributed by atoms with Gasteiger partial charge in [0.25, 0.3) is 0 Å². The molecule has 1 aromatic carbocycles. The van der Waals surface area contributed by atoms with Gasteiger partial charge in [0.1, 0.15) is 0 Å². The van der Waals surface area contributed by atoms with Crippen LogP contribution in [-0.2, 0) is 6.54 Å². The third-order valence-electron chi connectivity index (χ3n) is 3.45. The van der Waals surface area contributed by atoms with Crippen LogP contribution in [0.3, 0.4) is 0 Å². The van der Waals surface area contributed by atoms with E-state index in [4.69, 9.17) is 5.73 Å². The molecular formula is C16H23N3. The quantitative estimate of drug-likeness (QED) is 0.865. The maximum atomic E-state index is 5.60. The van der Waals surface area contributed by atoms with Gasteiger partial charge in [-0.15, -0.1) is 0 Å².